The summed E-state index contributed by atoms with van der Waals surface area (Å²) in [5.41, 5.74) is 3.65. The molecule has 0 aliphatic carbocycles. The molecule has 7 heteroatoms. The number of thiophene rings is 1. The van der Waals surface area contributed by atoms with Crippen LogP contribution in [-0.4, -0.2) is 39.2 Å². The molecule has 1 N–H and O–H groups in total. The van der Waals surface area contributed by atoms with Gasteiger partial charge in [-0.05, 0) is 54.8 Å². The molecule has 32 heavy (non-hydrogen) atoms. The Labute approximate surface area is 190 Å². The Morgan fingerprint density at radius 3 is 2.91 bits per heavy atom. The van der Waals surface area contributed by atoms with Crippen LogP contribution in [0.25, 0.3) is 5.65 Å². The number of rotatable bonds is 5. The first-order valence-corrected chi connectivity index (χ1v) is 11.5. The summed E-state index contributed by atoms with van der Waals surface area (Å²) in [4.78, 5) is 33.6. The van der Waals surface area contributed by atoms with Crippen molar-refractivity contribution in [2.24, 2.45) is 0 Å². The van der Waals surface area contributed by atoms with Crippen LogP contribution in [0, 0.1) is 6.92 Å². The van der Waals surface area contributed by atoms with Gasteiger partial charge in [-0.3, -0.25) is 9.59 Å². The van der Waals surface area contributed by atoms with E-state index in [2.05, 4.69) is 10.3 Å². The summed E-state index contributed by atoms with van der Waals surface area (Å²) in [5, 5.41) is 3.00. The molecule has 0 saturated carbocycles. The number of hydrogen-bond acceptors (Lipinski definition) is 4. The zero-order valence-corrected chi connectivity index (χ0v) is 18.6. The summed E-state index contributed by atoms with van der Waals surface area (Å²) < 4.78 is 1.94. The minimum absolute atomic E-state index is 0.0738. The molecule has 4 heterocycles. The predicted molar refractivity (Wildman–Crippen MR) is 125 cm³/mol. The molecule has 1 saturated heterocycles. The Balaban J connectivity index is 1.20. The Hall–Kier alpha value is -3.45. The number of hydrogen-bond donors (Lipinski definition) is 1. The Morgan fingerprint density at radius 2 is 2.03 bits per heavy atom. The highest BCUT2D eigenvalue weighted by molar-refractivity contribution is 7.14. The van der Waals surface area contributed by atoms with Gasteiger partial charge in [0.05, 0.1) is 4.88 Å². The van der Waals surface area contributed by atoms with Crippen molar-refractivity contribution in [2.45, 2.75) is 25.8 Å². The van der Waals surface area contributed by atoms with Gasteiger partial charge in [0.25, 0.3) is 11.8 Å². The minimum Gasteiger partial charge on any atom is -0.347 e. The van der Waals surface area contributed by atoms with E-state index in [1.54, 1.807) is 6.20 Å². The fourth-order valence-corrected chi connectivity index (χ4v) is 5.24. The van der Waals surface area contributed by atoms with E-state index < -0.39 is 0 Å². The number of aryl methyl sites for hydroxylation is 1. The lowest BCUT2D eigenvalue weighted by Crippen LogP contribution is -2.28. The minimum atomic E-state index is -0.0738. The zero-order valence-electron chi connectivity index (χ0n) is 17.8. The number of imidazole rings is 1. The van der Waals surface area contributed by atoms with Crippen molar-refractivity contribution in [1.29, 1.82) is 0 Å². The van der Waals surface area contributed by atoms with Crippen LogP contribution in [0.5, 0.6) is 0 Å². The first kappa shape index (κ1) is 20.5. The Kier molecular flexibility index (Phi) is 5.49. The molecule has 0 bridgehead atoms. The van der Waals surface area contributed by atoms with Crippen LogP contribution in [0.15, 0.2) is 67.1 Å². The van der Waals surface area contributed by atoms with Gasteiger partial charge in [0.2, 0.25) is 0 Å². The van der Waals surface area contributed by atoms with Crippen molar-refractivity contribution >= 4 is 28.8 Å². The summed E-state index contributed by atoms with van der Waals surface area (Å²) in [6.07, 6.45) is 6.51. The number of likely N-dealkylation sites (tertiary alicyclic amines) is 1. The van der Waals surface area contributed by atoms with Crippen LogP contribution in [0.4, 0.5) is 0 Å². The van der Waals surface area contributed by atoms with Gasteiger partial charge in [0.1, 0.15) is 5.65 Å². The van der Waals surface area contributed by atoms with Crippen molar-refractivity contribution in [2.75, 3.05) is 13.1 Å². The van der Waals surface area contributed by atoms with Crippen molar-refractivity contribution in [3.63, 3.8) is 0 Å². The number of amides is 2. The summed E-state index contributed by atoms with van der Waals surface area (Å²) in [7, 11) is 0. The lowest BCUT2D eigenvalue weighted by atomic mass is 10.1. The number of carbonyl (C=O) groups is 2. The van der Waals surface area contributed by atoms with E-state index >= 15 is 0 Å². The lowest BCUT2D eigenvalue weighted by molar-refractivity contribution is 0.0790. The van der Waals surface area contributed by atoms with Crippen molar-refractivity contribution in [3.05, 3.63) is 93.6 Å². The van der Waals surface area contributed by atoms with Crippen LogP contribution in [0.2, 0.25) is 0 Å². The molecule has 162 valence electrons. The maximum Gasteiger partial charge on any atom is 0.261 e. The van der Waals surface area contributed by atoms with Gasteiger partial charge in [0.15, 0.2) is 0 Å². The first-order chi connectivity index (χ1) is 15.6. The molecule has 1 fully saturated rings. The fraction of sp³-hybridized carbons (Fsp3) is 0.240. The summed E-state index contributed by atoms with van der Waals surface area (Å²) in [6.45, 7) is 3.86. The quantitative estimate of drug-likeness (QED) is 0.500. The van der Waals surface area contributed by atoms with Gasteiger partial charge in [0, 0.05) is 54.6 Å². The van der Waals surface area contributed by atoms with Crippen molar-refractivity contribution in [3.8, 4) is 0 Å². The second kappa shape index (κ2) is 8.59. The van der Waals surface area contributed by atoms with Crippen LogP contribution in [0.3, 0.4) is 0 Å². The Bertz CT molecular complexity index is 1290. The number of nitrogens with zero attached hydrogens (tertiary/aromatic N) is 3. The van der Waals surface area contributed by atoms with Gasteiger partial charge in [-0.2, -0.15) is 0 Å². The molecule has 1 aliphatic rings. The molecule has 1 aliphatic heterocycles. The average molecular weight is 445 g/mol. The molecule has 1 aromatic carbocycles. The first-order valence-electron chi connectivity index (χ1n) is 10.7. The van der Waals surface area contributed by atoms with Gasteiger partial charge >= 0.3 is 0 Å². The van der Waals surface area contributed by atoms with Gasteiger partial charge < -0.3 is 14.6 Å². The largest absolute Gasteiger partial charge is 0.347 e. The zero-order chi connectivity index (χ0) is 22.1. The van der Waals surface area contributed by atoms with Crippen molar-refractivity contribution < 1.29 is 9.59 Å². The molecule has 6 nitrogen and oxygen atoms in total. The van der Waals surface area contributed by atoms with Crippen molar-refractivity contribution in [1.82, 2.24) is 19.6 Å². The fourth-order valence-electron chi connectivity index (χ4n) is 4.19. The second-order valence-corrected chi connectivity index (χ2v) is 9.28. The van der Waals surface area contributed by atoms with Crippen LogP contribution in [-0.2, 0) is 6.54 Å². The average Bonchev–Trinajstić information content (AvgIpc) is 3.57. The molecular formula is C25H24N4O2S. The normalized spacial score (nSPS) is 15.9. The maximum atomic E-state index is 12.9. The molecular weight excluding hydrogens is 420 g/mol. The van der Waals surface area contributed by atoms with E-state index in [4.69, 9.17) is 0 Å². The molecule has 0 spiro atoms. The highest BCUT2D eigenvalue weighted by Gasteiger charge is 2.29. The number of aromatic nitrogens is 2. The van der Waals surface area contributed by atoms with E-state index in [0.29, 0.717) is 18.0 Å². The van der Waals surface area contributed by atoms with Crippen LogP contribution < -0.4 is 5.32 Å². The smallest absolute Gasteiger partial charge is 0.261 e. The second-order valence-electron chi connectivity index (χ2n) is 8.16. The summed E-state index contributed by atoms with van der Waals surface area (Å²) >= 11 is 1.52. The topological polar surface area (TPSA) is 66.7 Å². The number of benzene rings is 1. The number of pyridine rings is 1. The van der Waals surface area contributed by atoms with Crippen LogP contribution >= 0.6 is 11.3 Å². The van der Waals surface area contributed by atoms with E-state index in [-0.39, 0.29) is 17.7 Å². The van der Waals surface area contributed by atoms with Crippen LogP contribution in [0.1, 0.15) is 48.4 Å². The number of fused-ring (bicyclic) bond motifs is 1. The summed E-state index contributed by atoms with van der Waals surface area (Å²) in [5.74, 6) is 0.294. The molecule has 1 unspecified atom stereocenters. The van der Waals surface area contributed by atoms with E-state index in [1.165, 1.54) is 11.3 Å². The molecule has 5 rings (SSSR count). The molecule has 0 radical (unpaired) electrons. The molecule has 3 aromatic heterocycles. The SMILES string of the molecule is Cc1ccccc1C(=O)N1CCC(c2ccc(C(=O)NCc3ccn4ccnc4c3)s2)C1. The van der Waals surface area contributed by atoms with Gasteiger partial charge in [-0.25, -0.2) is 4.98 Å². The third-order valence-electron chi connectivity index (χ3n) is 6.02. The Morgan fingerprint density at radius 1 is 1.16 bits per heavy atom. The third-order valence-corrected chi connectivity index (χ3v) is 7.27. The van der Waals surface area contributed by atoms with E-state index in [0.717, 1.165) is 40.2 Å². The number of nitrogens with one attached hydrogen (secondary N) is 1. The molecule has 1 atom stereocenters. The van der Waals surface area contributed by atoms with Gasteiger partial charge in [-0.1, -0.05) is 18.2 Å². The predicted octanol–water partition coefficient (Wildman–Crippen LogP) is 4.26. The maximum absolute atomic E-state index is 12.9. The standard InChI is InChI=1S/C25H24N4O2S/c1-17-4-2-3-5-20(17)25(31)29-12-9-19(16-29)21-6-7-22(32-21)24(30)27-15-18-8-11-28-13-10-26-23(28)14-18/h2-8,10-11,13-14,19H,9,12,15-16H2,1H3,(H,27,30). The lowest BCUT2D eigenvalue weighted by Gasteiger charge is -2.17. The molecule has 4 aromatic rings. The van der Waals surface area contributed by atoms with E-state index in [9.17, 15) is 9.59 Å². The van der Waals surface area contributed by atoms with Gasteiger partial charge in [-0.15, -0.1) is 11.3 Å². The molecule has 2 amide bonds. The van der Waals surface area contributed by atoms with E-state index in [1.807, 2.05) is 77.1 Å². The third kappa shape index (κ3) is 4.03. The number of carbonyl (C=O) groups excluding carboxylic acids is 2. The summed E-state index contributed by atoms with van der Waals surface area (Å²) in [6, 6.07) is 15.6. The highest BCUT2D eigenvalue weighted by atomic mass is 32.1. The highest BCUT2D eigenvalue weighted by Crippen LogP contribution is 2.33. The monoisotopic (exact) mass is 444 g/mol.